The molecule has 0 saturated heterocycles. The first-order valence-electron chi connectivity index (χ1n) is 6.02. The Labute approximate surface area is 110 Å². The quantitative estimate of drug-likeness (QED) is 0.870. The molecule has 0 aliphatic rings. The van der Waals surface area contributed by atoms with Crippen molar-refractivity contribution in [3.63, 3.8) is 0 Å². The van der Waals surface area contributed by atoms with Crippen molar-refractivity contribution in [2.75, 3.05) is 6.54 Å². The maximum absolute atomic E-state index is 11.8. The van der Waals surface area contributed by atoms with Crippen LogP contribution in [0, 0.1) is 0 Å². The van der Waals surface area contributed by atoms with Crippen LogP contribution in [-0.4, -0.2) is 28.6 Å². The predicted octanol–water partition coefficient (Wildman–Crippen LogP) is 2.19. The van der Waals surface area contributed by atoms with Gasteiger partial charge in [0.15, 0.2) is 5.01 Å². The van der Waals surface area contributed by atoms with E-state index in [4.69, 9.17) is 0 Å². The molecule has 0 fully saturated rings. The molecule has 2 N–H and O–H groups in total. The highest BCUT2D eigenvalue weighted by atomic mass is 32.1. The van der Waals surface area contributed by atoms with E-state index >= 15 is 0 Å². The summed E-state index contributed by atoms with van der Waals surface area (Å²) >= 11 is 1.38. The number of fused-ring (bicyclic) bond motifs is 1. The molecule has 1 amide bonds. The molecule has 1 aromatic carbocycles. The largest absolute Gasteiger partial charge is 0.393 e. The zero-order chi connectivity index (χ0) is 13.0. The Kier molecular flexibility index (Phi) is 4.28. The van der Waals surface area contributed by atoms with Gasteiger partial charge in [0.2, 0.25) is 0 Å². The number of carbonyl (C=O) groups is 1. The number of nitrogens with one attached hydrogen (secondary N) is 1. The fraction of sp³-hybridized carbons (Fsp3) is 0.385. The van der Waals surface area contributed by atoms with Gasteiger partial charge in [-0.3, -0.25) is 4.79 Å². The van der Waals surface area contributed by atoms with Crippen LogP contribution < -0.4 is 5.32 Å². The summed E-state index contributed by atoms with van der Waals surface area (Å²) in [6.45, 7) is 2.39. The van der Waals surface area contributed by atoms with Gasteiger partial charge in [0.25, 0.3) is 5.91 Å². The minimum atomic E-state index is -0.347. The summed E-state index contributed by atoms with van der Waals surface area (Å²) in [5.41, 5.74) is 0.848. The second-order valence-electron chi connectivity index (χ2n) is 4.09. The van der Waals surface area contributed by atoms with Crippen LogP contribution in [0.25, 0.3) is 10.2 Å². The molecule has 1 atom stereocenters. The number of hydrogen-bond donors (Lipinski definition) is 2. The van der Waals surface area contributed by atoms with Crippen molar-refractivity contribution >= 4 is 27.5 Å². The Morgan fingerprint density at radius 2 is 2.28 bits per heavy atom. The zero-order valence-corrected chi connectivity index (χ0v) is 11.0. The van der Waals surface area contributed by atoms with Gasteiger partial charge in [-0.05, 0) is 25.0 Å². The van der Waals surface area contributed by atoms with Crippen molar-refractivity contribution in [3.8, 4) is 0 Å². The standard InChI is InChI=1S/C13H16N2O2S/c1-2-9(16)7-8-14-12(17)13-15-10-5-3-4-6-11(10)18-13/h3-6,9,16H,2,7-8H2,1H3,(H,14,17). The molecule has 0 radical (unpaired) electrons. The van der Waals surface area contributed by atoms with Crippen LogP contribution >= 0.6 is 11.3 Å². The van der Waals surface area contributed by atoms with Crippen molar-refractivity contribution in [1.29, 1.82) is 0 Å². The van der Waals surface area contributed by atoms with Crippen molar-refractivity contribution in [2.24, 2.45) is 0 Å². The average molecular weight is 264 g/mol. The van der Waals surface area contributed by atoms with E-state index in [9.17, 15) is 9.90 Å². The number of nitrogens with zero attached hydrogens (tertiary/aromatic N) is 1. The predicted molar refractivity (Wildman–Crippen MR) is 72.9 cm³/mol. The molecule has 0 spiro atoms. The smallest absolute Gasteiger partial charge is 0.280 e. The summed E-state index contributed by atoms with van der Waals surface area (Å²) in [4.78, 5) is 16.1. The van der Waals surface area contributed by atoms with Gasteiger partial charge in [0.1, 0.15) is 0 Å². The SMILES string of the molecule is CCC(O)CCNC(=O)c1nc2ccccc2s1. The Balaban J connectivity index is 1.96. The van der Waals surface area contributed by atoms with Gasteiger partial charge < -0.3 is 10.4 Å². The van der Waals surface area contributed by atoms with Crippen LogP contribution in [0.2, 0.25) is 0 Å². The third-order valence-electron chi connectivity index (χ3n) is 2.72. The topological polar surface area (TPSA) is 62.2 Å². The molecular weight excluding hydrogens is 248 g/mol. The van der Waals surface area contributed by atoms with Crippen LogP contribution in [0.15, 0.2) is 24.3 Å². The number of amides is 1. The minimum Gasteiger partial charge on any atom is -0.393 e. The summed E-state index contributed by atoms with van der Waals surface area (Å²) in [5.74, 6) is -0.167. The van der Waals surface area contributed by atoms with Gasteiger partial charge in [-0.2, -0.15) is 0 Å². The van der Waals surface area contributed by atoms with E-state index in [0.717, 1.165) is 10.2 Å². The van der Waals surface area contributed by atoms with Crippen molar-refractivity contribution in [2.45, 2.75) is 25.9 Å². The molecule has 2 aromatic rings. The first-order valence-corrected chi connectivity index (χ1v) is 6.84. The summed E-state index contributed by atoms with van der Waals surface area (Å²) in [6.07, 6.45) is 0.935. The first-order chi connectivity index (χ1) is 8.70. The maximum Gasteiger partial charge on any atom is 0.280 e. The van der Waals surface area contributed by atoms with Crippen LogP contribution in [0.4, 0.5) is 0 Å². The van der Waals surface area contributed by atoms with Crippen LogP contribution in [0.1, 0.15) is 29.6 Å². The van der Waals surface area contributed by atoms with Crippen molar-refractivity contribution in [1.82, 2.24) is 10.3 Å². The molecule has 0 saturated carbocycles. The van der Waals surface area contributed by atoms with E-state index in [1.54, 1.807) is 0 Å². The first kappa shape index (κ1) is 13.0. The molecule has 1 unspecified atom stereocenters. The number of aliphatic hydroxyl groups is 1. The van der Waals surface area contributed by atoms with Crippen LogP contribution in [0.3, 0.4) is 0 Å². The number of thiazole rings is 1. The molecule has 96 valence electrons. The van der Waals surface area contributed by atoms with Crippen molar-refractivity contribution < 1.29 is 9.90 Å². The summed E-state index contributed by atoms with van der Waals surface area (Å²) in [7, 11) is 0. The van der Waals surface area contributed by atoms with Crippen LogP contribution in [-0.2, 0) is 0 Å². The molecule has 1 heterocycles. The van der Waals surface area contributed by atoms with E-state index in [1.165, 1.54) is 11.3 Å². The lowest BCUT2D eigenvalue weighted by Crippen LogP contribution is -2.26. The van der Waals surface area contributed by atoms with Crippen molar-refractivity contribution in [3.05, 3.63) is 29.3 Å². The van der Waals surface area contributed by atoms with Gasteiger partial charge in [0, 0.05) is 6.54 Å². The molecule has 0 aliphatic heterocycles. The summed E-state index contributed by atoms with van der Waals surface area (Å²) in [5, 5.41) is 12.6. The van der Waals surface area contributed by atoms with Gasteiger partial charge >= 0.3 is 0 Å². The molecule has 4 nitrogen and oxygen atoms in total. The number of rotatable bonds is 5. The molecule has 2 rings (SSSR count). The van der Waals surface area contributed by atoms with Gasteiger partial charge in [0.05, 0.1) is 16.3 Å². The van der Waals surface area contributed by atoms with Crippen LogP contribution in [0.5, 0.6) is 0 Å². The molecule has 0 aliphatic carbocycles. The molecule has 5 heteroatoms. The fourth-order valence-electron chi connectivity index (χ4n) is 1.60. The second-order valence-corrected chi connectivity index (χ2v) is 5.12. The molecular formula is C13H16N2O2S. The monoisotopic (exact) mass is 264 g/mol. The molecule has 1 aromatic heterocycles. The van der Waals surface area contributed by atoms with Gasteiger partial charge in [-0.25, -0.2) is 4.98 Å². The summed E-state index contributed by atoms with van der Waals surface area (Å²) in [6, 6.07) is 7.68. The average Bonchev–Trinajstić information content (AvgIpc) is 2.82. The van der Waals surface area contributed by atoms with E-state index < -0.39 is 0 Å². The number of aromatic nitrogens is 1. The number of hydrogen-bond acceptors (Lipinski definition) is 4. The zero-order valence-electron chi connectivity index (χ0n) is 10.2. The number of para-hydroxylation sites is 1. The third kappa shape index (κ3) is 3.05. The number of benzene rings is 1. The Hall–Kier alpha value is -1.46. The molecule has 18 heavy (non-hydrogen) atoms. The Morgan fingerprint density at radius 1 is 1.50 bits per heavy atom. The van der Waals surface area contributed by atoms with E-state index in [0.29, 0.717) is 24.4 Å². The highest BCUT2D eigenvalue weighted by Gasteiger charge is 2.11. The van der Waals surface area contributed by atoms with Gasteiger partial charge in [-0.1, -0.05) is 19.1 Å². The lowest BCUT2D eigenvalue weighted by atomic mass is 10.2. The molecule has 0 bridgehead atoms. The lowest BCUT2D eigenvalue weighted by Gasteiger charge is -2.07. The Bertz CT molecular complexity index is 506. The van der Waals surface area contributed by atoms with E-state index in [1.807, 2.05) is 31.2 Å². The highest BCUT2D eigenvalue weighted by molar-refractivity contribution is 7.20. The van der Waals surface area contributed by atoms with E-state index in [-0.39, 0.29) is 12.0 Å². The fourth-order valence-corrected chi connectivity index (χ4v) is 2.48. The highest BCUT2D eigenvalue weighted by Crippen LogP contribution is 2.21. The third-order valence-corrected chi connectivity index (χ3v) is 3.76. The van der Waals surface area contributed by atoms with E-state index in [2.05, 4.69) is 10.3 Å². The second kappa shape index (κ2) is 5.93. The summed E-state index contributed by atoms with van der Waals surface area (Å²) < 4.78 is 1.01. The Morgan fingerprint density at radius 3 is 3.00 bits per heavy atom. The number of carbonyl (C=O) groups excluding carboxylic acids is 1. The minimum absolute atomic E-state index is 0.167. The van der Waals surface area contributed by atoms with Gasteiger partial charge in [-0.15, -0.1) is 11.3 Å². The number of aliphatic hydroxyl groups excluding tert-OH is 1. The maximum atomic E-state index is 11.8. The normalized spacial score (nSPS) is 12.6. The lowest BCUT2D eigenvalue weighted by molar-refractivity contribution is 0.0942.